The quantitative estimate of drug-likeness (QED) is 0.401. The first-order valence-electron chi connectivity index (χ1n) is 11.0. The number of hydrogen-bond donors (Lipinski definition) is 2. The Morgan fingerprint density at radius 2 is 1.74 bits per heavy atom. The Balaban J connectivity index is 1.66. The SMILES string of the molecule is CN(C)Cc1cccc(NC(=O)NCc2c(-c3ccccc3)c3cc(Cl)ccc3c(=O)n2C)c1. The number of carbonyl (C=O) groups is 1. The molecule has 34 heavy (non-hydrogen) atoms. The van der Waals surface area contributed by atoms with Crippen molar-refractivity contribution in [2.75, 3.05) is 19.4 Å². The summed E-state index contributed by atoms with van der Waals surface area (Å²) in [7, 11) is 5.72. The number of fused-ring (bicyclic) bond motifs is 1. The van der Waals surface area contributed by atoms with Gasteiger partial charge in [0.15, 0.2) is 0 Å². The molecule has 0 aliphatic heterocycles. The maximum absolute atomic E-state index is 13.1. The number of amides is 2. The van der Waals surface area contributed by atoms with Gasteiger partial charge in [0, 0.05) is 40.9 Å². The minimum Gasteiger partial charge on any atom is -0.332 e. The third-order valence-corrected chi connectivity index (χ3v) is 5.88. The van der Waals surface area contributed by atoms with Gasteiger partial charge in [0.1, 0.15) is 0 Å². The second kappa shape index (κ2) is 10.1. The normalized spacial score (nSPS) is 11.1. The summed E-state index contributed by atoms with van der Waals surface area (Å²) in [6, 6.07) is 22.5. The molecule has 4 rings (SSSR count). The number of urea groups is 1. The van der Waals surface area contributed by atoms with Crippen LogP contribution in [0.1, 0.15) is 11.3 Å². The van der Waals surface area contributed by atoms with E-state index in [1.54, 1.807) is 29.8 Å². The highest BCUT2D eigenvalue weighted by Crippen LogP contribution is 2.32. The molecule has 4 aromatic rings. The number of pyridine rings is 1. The van der Waals surface area contributed by atoms with Crippen LogP contribution in [0.15, 0.2) is 77.6 Å². The van der Waals surface area contributed by atoms with Crippen molar-refractivity contribution in [2.24, 2.45) is 7.05 Å². The fourth-order valence-electron chi connectivity index (χ4n) is 4.12. The first kappa shape index (κ1) is 23.5. The minimum atomic E-state index is -0.348. The standard InChI is InChI=1S/C27H27ClN4O2/c1-31(2)17-18-8-7-11-21(14-18)30-27(34)29-16-24-25(19-9-5-4-6-10-19)23-15-20(28)12-13-22(23)26(33)32(24)3/h4-15H,16-17H2,1-3H3,(H2,29,30,34). The molecule has 0 spiro atoms. The Kier molecular flexibility index (Phi) is 7.01. The molecule has 2 N–H and O–H groups in total. The predicted octanol–water partition coefficient (Wildman–Crippen LogP) is 5.24. The molecule has 0 aliphatic rings. The zero-order valence-electron chi connectivity index (χ0n) is 19.4. The number of carbonyl (C=O) groups excluding carboxylic acids is 1. The molecular weight excluding hydrogens is 448 g/mol. The van der Waals surface area contributed by atoms with Crippen LogP contribution in [0.3, 0.4) is 0 Å². The number of anilines is 1. The average molecular weight is 475 g/mol. The molecule has 0 unspecified atom stereocenters. The maximum atomic E-state index is 13.1. The number of nitrogens with one attached hydrogen (secondary N) is 2. The Morgan fingerprint density at radius 1 is 0.971 bits per heavy atom. The van der Waals surface area contributed by atoms with Gasteiger partial charge in [-0.1, -0.05) is 54.1 Å². The fraction of sp³-hybridized carbons (Fsp3) is 0.185. The van der Waals surface area contributed by atoms with E-state index in [0.717, 1.165) is 28.6 Å². The zero-order valence-corrected chi connectivity index (χ0v) is 20.2. The van der Waals surface area contributed by atoms with Gasteiger partial charge in [-0.25, -0.2) is 4.79 Å². The van der Waals surface area contributed by atoms with Crippen molar-refractivity contribution in [2.45, 2.75) is 13.1 Å². The fourth-order valence-corrected chi connectivity index (χ4v) is 4.29. The molecule has 2 amide bonds. The summed E-state index contributed by atoms with van der Waals surface area (Å²) in [6.45, 7) is 0.945. The average Bonchev–Trinajstić information content (AvgIpc) is 2.80. The highest BCUT2D eigenvalue weighted by molar-refractivity contribution is 6.31. The van der Waals surface area contributed by atoms with Crippen LogP contribution in [0.5, 0.6) is 0 Å². The lowest BCUT2D eigenvalue weighted by Crippen LogP contribution is -2.32. The number of aromatic nitrogens is 1. The van der Waals surface area contributed by atoms with E-state index >= 15 is 0 Å². The lowest BCUT2D eigenvalue weighted by atomic mass is 9.96. The molecule has 6 nitrogen and oxygen atoms in total. The van der Waals surface area contributed by atoms with Crippen molar-refractivity contribution in [3.8, 4) is 11.1 Å². The molecule has 1 aromatic heterocycles. The van der Waals surface area contributed by atoms with Crippen molar-refractivity contribution in [3.63, 3.8) is 0 Å². The second-order valence-corrected chi connectivity index (χ2v) is 8.92. The third-order valence-electron chi connectivity index (χ3n) is 5.64. The van der Waals surface area contributed by atoms with E-state index in [4.69, 9.17) is 11.6 Å². The van der Waals surface area contributed by atoms with Gasteiger partial charge in [-0.05, 0) is 60.9 Å². The van der Waals surface area contributed by atoms with Gasteiger partial charge in [-0.3, -0.25) is 4.79 Å². The smallest absolute Gasteiger partial charge is 0.319 e. The van der Waals surface area contributed by atoms with Gasteiger partial charge in [-0.2, -0.15) is 0 Å². The van der Waals surface area contributed by atoms with Crippen LogP contribution in [0.4, 0.5) is 10.5 Å². The summed E-state index contributed by atoms with van der Waals surface area (Å²) >= 11 is 6.29. The molecule has 174 valence electrons. The largest absolute Gasteiger partial charge is 0.332 e. The highest BCUT2D eigenvalue weighted by atomic mass is 35.5. The number of nitrogens with zero attached hydrogens (tertiary/aromatic N) is 2. The van der Waals surface area contributed by atoms with Crippen LogP contribution in [0.2, 0.25) is 5.02 Å². The van der Waals surface area contributed by atoms with Crippen molar-refractivity contribution < 1.29 is 4.79 Å². The molecule has 0 saturated carbocycles. The molecule has 0 saturated heterocycles. The summed E-state index contributed by atoms with van der Waals surface area (Å²) in [5, 5.41) is 7.69. The van der Waals surface area contributed by atoms with Crippen LogP contribution in [0, 0.1) is 0 Å². The van der Waals surface area contributed by atoms with Crippen LogP contribution in [0.25, 0.3) is 21.9 Å². The van der Waals surface area contributed by atoms with E-state index in [9.17, 15) is 9.59 Å². The molecule has 0 fully saturated rings. The van der Waals surface area contributed by atoms with Gasteiger partial charge in [0.2, 0.25) is 0 Å². The summed E-state index contributed by atoms with van der Waals surface area (Å²) in [4.78, 5) is 27.9. The van der Waals surface area contributed by atoms with E-state index in [-0.39, 0.29) is 18.1 Å². The number of benzene rings is 3. The topological polar surface area (TPSA) is 66.4 Å². The summed E-state index contributed by atoms with van der Waals surface area (Å²) < 4.78 is 1.59. The predicted molar refractivity (Wildman–Crippen MR) is 139 cm³/mol. The highest BCUT2D eigenvalue weighted by Gasteiger charge is 2.17. The summed E-state index contributed by atoms with van der Waals surface area (Å²) in [5.74, 6) is 0. The molecular formula is C27H27ClN4O2. The van der Waals surface area contributed by atoms with Crippen LogP contribution < -0.4 is 16.2 Å². The monoisotopic (exact) mass is 474 g/mol. The Labute approximate surface area is 203 Å². The zero-order chi connectivity index (χ0) is 24.2. The van der Waals surface area contributed by atoms with Crippen molar-refractivity contribution in [1.82, 2.24) is 14.8 Å². The molecule has 0 radical (unpaired) electrons. The second-order valence-electron chi connectivity index (χ2n) is 8.49. The molecule has 0 atom stereocenters. The molecule has 1 heterocycles. The third kappa shape index (κ3) is 5.14. The Hall–Kier alpha value is -3.61. The van der Waals surface area contributed by atoms with E-state index in [1.807, 2.05) is 68.7 Å². The van der Waals surface area contributed by atoms with Gasteiger partial charge < -0.3 is 20.1 Å². The summed E-state index contributed by atoms with van der Waals surface area (Å²) in [5.41, 5.74) is 4.18. The van der Waals surface area contributed by atoms with Gasteiger partial charge in [-0.15, -0.1) is 0 Å². The Morgan fingerprint density at radius 3 is 2.47 bits per heavy atom. The van der Waals surface area contributed by atoms with E-state index in [1.165, 1.54) is 0 Å². The molecule has 0 bridgehead atoms. The number of rotatable bonds is 6. The van der Waals surface area contributed by atoms with Crippen molar-refractivity contribution in [3.05, 3.63) is 99.4 Å². The van der Waals surface area contributed by atoms with Crippen molar-refractivity contribution in [1.29, 1.82) is 0 Å². The minimum absolute atomic E-state index is 0.139. The molecule has 3 aromatic carbocycles. The van der Waals surface area contributed by atoms with E-state index in [0.29, 0.717) is 21.8 Å². The lowest BCUT2D eigenvalue weighted by molar-refractivity contribution is 0.251. The van der Waals surface area contributed by atoms with E-state index < -0.39 is 0 Å². The van der Waals surface area contributed by atoms with Gasteiger partial charge in [0.05, 0.1) is 6.54 Å². The number of halogens is 1. The molecule has 0 aliphatic carbocycles. The van der Waals surface area contributed by atoms with Crippen LogP contribution in [-0.4, -0.2) is 29.6 Å². The van der Waals surface area contributed by atoms with Crippen LogP contribution in [-0.2, 0) is 20.1 Å². The van der Waals surface area contributed by atoms with E-state index in [2.05, 4.69) is 15.5 Å². The number of hydrogen-bond acceptors (Lipinski definition) is 3. The lowest BCUT2D eigenvalue weighted by Gasteiger charge is -2.19. The first-order chi connectivity index (χ1) is 16.3. The maximum Gasteiger partial charge on any atom is 0.319 e. The summed E-state index contributed by atoms with van der Waals surface area (Å²) in [6.07, 6.45) is 0. The van der Waals surface area contributed by atoms with Crippen LogP contribution >= 0.6 is 11.6 Å². The molecule has 7 heteroatoms. The Bertz CT molecular complexity index is 1400. The van der Waals surface area contributed by atoms with Crippen molar-refractivity contribution >= 4 is 34.1 Å². The first-order valence-corrected chi connectivity index (χ1v) is 11.4. The van der Waals surface area contributed by atoms with Gasteiger partial charge in [0.25, 0.3) is 5.56 Å². The van der Waals surface area contributed by atoms with Gasteiger partial charge >= 0.3 is 6.03 Å².